The molecule has 0 bridgehead atoms. The molecule has 0 aliphatic carbocycles. The standard InChI is InChI=1S/C29H29BrN2O5/c1-35-32-28(34)29(18-5-9-21-7-3-2-4-8-21)26(22-10-14-24(30)15-11-22)37-27(31-29)23-12-16-25(17-13-23)36-20-6-19-33/h2-5,7-17,26,33H,6,18-20H2,1H3,(H,32,34)/b9-5+/t26-,29-/m0/s1. The Bertz CT molecular complexity index is 1230. The number of aliphatic hydroxyl groups is 1. The molecule has 1 amide bonds. The molecular weight excluding hydrogens is 536 g/mol. The van der Waals surface area contributed by atoms with E-state index in [-0.39, 0.29) is 13.0 Å². The first-order valence-corrected chi connectivity index (χ1v) is 12.8. The number of nitrogens with one attached hydrogen (secondary N) is 1. The molecule has 3 aromatic carbocycles. The molecule has 2 atom stereocenters. The first kappa shape index (κ1) is 26.6. The quantitative estimate of drug-likeness (QED) is 0.245. The van der Waals surface area contributed by atoms with Gasteiger partial charge < -0.3 is 14.6 Å². The lowest BCUT2D eigenvalue weighted by atomic mass is 9.84. The largest absolute Gasteiger partial charge is 0.494 e. The van der Waals surface area contributed by atoms with Gasteiger partial charge in [0.15, 0.2) is 11.6 Å². The van der Waals surface area contributed by atoms with E-state index in [2.05, 4.69) is 21.4 Å². The molecule has 7 nitrogen and oxygen atoms in total. The lowest BCUT2D eigenvalue weighted by molar-refractivity contribution is -0.139. The van der Waals surface area contributed by atoms with Crippen LogP contribution in [0.3, 0.4) is 0 Å². The van der Waals surface area contributed by atoms with Gasteiger partial charge in [0.1, 0.15) is 5.75 Å². The van der Waals surface area contributed by atoms with Gasteiger partial charge in [0, 0.05) is 29.5 Å². The van der Waals surface area contributed by atoms with Crippen molar-refractivity contribution in [1.29, 1.82) is 0 Å². The van der Waals surface area contributed by atoms with E-state index in [0.29, 0.717) is 24.7 Å². The fourth-order valence-electron chi connectivity index (χ4n) is 4.07. The summed E-state index contributed by atoms with van der Waals surface area (Å²) in [6.07, 6.45) is 4.05. The van der Waals surface area contributed by atoms with Crippen LogP contribution in [0.25, 0.3) is 6.08 Å². The molecular formula is C29H29BrN2O5. The molecule has 0 saturated carbocycles. The average Bonchev–Trinajstić information content (AvgIpc) is 3.31. The first-order chi connectivity index (χ1) is 18.1. The maximum absolute atomic E-state index is 13.5. The lowest BCUT2D eigenvalue weighted by Crippen LogP contribution is -2.47. The van der Waals surface area contributed by atoms with E-state index in [0.717, 1.165) is 21.2 Å². The van der Waals surface area contributed by atoms with Crippen LogP contribution in [0.4, 0.5) is 0 Å². The number of carbonyl (C=O) groups excluding carboxylic acids is 1. The van der Waals surface area contributed by atoms with Crippen molar-refractivity contribution in [3.05, 3.63) is 106 Å². The molecule has 1 aliphatic rings. The first-order valence-electron chi connectivity index (χ1n) is 12.0. The van der Waals surface area contributed by atoms with Gasteiger partial charge in [-0.2, -0.15) is 0 Å². The second-order valence-electron chi connectivity index (χ2n) is 8.49. The van der Waals surface area contributed by atoms with Gasteiger partial charge >= 0.3 is 0 Å². The Morgan fingerprint density at radius 3 is 2.51 bits per heavy atom. The van der Waals surface area contributed by atoms with E-state index in [1.54, 1.807) is 0 Å². The third kappa shape index (κ3) is 6.46. The average molecular weight is 565 g/mol. The number of hydrogen-bond donors (Lipinski definition) is 2. The van der Waals surface area contributed by atoms with Gasteiger partial charge in [-0.05, 0) is 47.5 Å². The fourth-order valence-corrected chi connectivity index (χ4v) is 4.34. The van der Waals surface area contributed by atoms with Crippen molar-refractivity contribution in [2.24, 2.45) is 4.99 Å². The zero-order chi connectivity index (χ0) is 26.1. The normalized spacial score (nSPS) is 18.9. The summed E-state index contributed by atoms with van der Waals surface area (Å²) in [6.45, 7) is 0.498. The van der Waals surface area contributed by atoms with Gasteiger partial charge in [0.2, 0.25) is 5.90 Å². The topological polar surface area (TPSA) is 89.4 Å². The molecule has 4 rings (SSSR count). The Balaban J connectivity index is 1.71. The van der Waals surface area contributed by atoms with Crippen LogP contribution >= 0.6 is 15.9 Å². The monoisotopic (exact) mass is 564 g/mol. The summed E-state index contributed by atoms with van der Waals surface area (Å²) < 4.78 is 13.0. The van der Waals surface area contributed by atoms with Crippen LogP contribution in [0.5, 0.6) is 5.75 Å². The van der Waals surface area contributed by atoms with E-state index < -0.39 is 17.6 Å². The van der Waals surface area contributed by atoms with Gasteiger partial charge in [-0.15, -0.1) is 0 Å². The summed E-state index contributed by atoms with van der Waals surface area (Å²) in [7, 11) is 1.40. The summed E-state index contributed by atoms with van der Waals surface area (Å²) >= 11 is 3.48. The van der Waals surface area contributed by atoms with Crippen LogP contribution in [0.2, 0.25) is 0 Å². The van der Waals surface area contributed by atoms with E-state index in [1.807, 2.05) is 91.0 Å². The minimum atomic E-state index is -1.30. The minimum absolute atomic E-state index is 0.0739. The third-order valence-electron chi connectivity index (χ3n) is 5.94. The second-order valence-corrected chi connectivity index (χ2v) is 9.41. The van der Waals surface area contributed by atoms with Crippen LogP contribution in [0, 0.1) is 0 Å². The molecule has 0 fully saturated rings. The number of aliphatic imine (C=N–C) groups is 1. The van der Waals surface area contributed by atoms with E-state index in [9.17, 15) is 4.79 Å². The minimum Gasteiger partial charge on any atom is -0.494 e. The number of hydrogen-bond acceptors (Lipinski definition) is 6. The SMILES string of the molecule is CONC(=O)[C@@]1(C/C=C/c2ccccc2)N=C(c2ccc(OCCCO)cc2)O[C@H]1c1ccc(Br)cc1. The van der Waals surface area contributed by atoms with Gasteiger partial charge in [0.25, 0.3) is 5.91 Å². The number of carbonyl (C=O) groups is 1. The number of rotatable bonds is 11. The number of hydroxylamine groups is 1. The highest BCUT2D eigenvalue weighted by atomic mass is 79.9. The van der Waals surface area contributed by atoms with Gasteiger partial charge in [0.05, 0.1) is 13.7 Å². The Morgan fingerprint density at radius 1 is 1.11 bits per heavy atom. The van der Waals surface area contributed by atoms with E-state index in [1.165, 1.54) is 7.11 Å². The van der Waals surface area contributed by atoms with Crippen LogP contribution in [0.1, 0.15) is 35.6 Å². The highest BCUT2D eigenvalue weighted by Crippen LogP contribution is 2.43. The van der Waals surface area contributed by atoms with Crippen molar-refractivity contribution in [2.75, 3.05) is 20.3 Å². The number of amides is 1. The van der Waals surface area contributed by atoms with Gasteiger partial charge in [-0.1, -0.05) is 70.5 Å². The lowest BCUT2D eigenvalue weighted by Gasteiger charge is -2.29. The number of aliphatic hydroxyl groups excluding tert-OH is 1. The maximum atomic E-state index is 13.5. The fraction of sp³-hybridized carbons (Fsp3) is 0.241. The molecule has 37 heavy (non-hydrogen) atoms. The Kier molecular flexibility index (Phi) is 9.11. The number of ether oxygens (including phenoxy) is 2. The summed E-state index contributed by atoms with van der Waals surface area (Å²) in [6, 6.07) is 24.8. The van der Waals surface area contributed by atoms with Crippen molar-refractivity contribution in [3.63, 3.8) is 0 Å². The van der Waals surface area contributed by atoms with E-state index in [4.69, 9.17) is 24.4 Å². The molecule has 1 aliphatic heterocycles. The Morgan fingerprint density at radius 2 is 1.84 bits per heavy atom. The van der Waals surface area contributed by atoms with Crippen molar-refractivity contribution in [1.82, 2.24) is 5.48 Å². The number of benzene rings is 3. The molecule has 0 saturated heterocycles. The third-order valence-corrected chi connectivity index (χ3v) is 6.47. The predicted octanol–water partition coefficient (Wildman–Crippen LogP) is 5.25. The molecule has 0 spiro atoms. The molecule has 192 valence electrons. The van der Waals surface area contributed by atoms with Crippen LogP contribution in [-0.4, -0.2) is 42.8 Å². The molecule has 0 radical (unpaired) electrons. The highest BCUT2D eigenvalue weighted by Gasteiger charge is 2.52. The van der Waals surface area contributed by atoms with Crippen LogP contribution in [0.15, 0.2) is 94.4 Å². The predicted molar refractivity (Wildman–Crippen MR) is 146 cm³/mol. The van der Waals surface area contributed by atoms with Crippen molar-refractivity contribution in [3.8, 4) is 5.75 Å². The zero-order valence-corrected chi connectivity index (χ0v) is 22.1. The Hall–Kier alpha value is -3.46. The van der Waals surface area contributed by atoms with Crippen molar-refractivity contribution in [2.45, 2.75) is 24.5 Å². The smallest absolute Gasteiger partial charge is 0.276 e. The van der Waals surface area contributed by atoms with Gasteiger partial charge in [-0.3, -0.25) is 9.63 Å². The molecule has 0 aromatic heterocycles. The zero-order valence-electron chi connectivity index (χ0n) is 20.5. The van der Waals surface area contributed by atoms with Crippen molar-refractivity contribution >= 4 is 33.8 Å². The second kappa shape index (κ2) is 12.7. The summed E-state index contributed by atoms with van der Waals surface area (Å²) in [5.41, 5.74) is 3.73. The van der Waals surface area contributed by atoms with Gasteiger partial charge in [-0.25, -0.2) is 10.5 Å². The Labute approximate surface area is 224 Å². The maximum Gasteiger partial charge on any atom is 0.276 e. The van der Waals surface area contributed by atoms with Crippen LogP contribution in [-0.2, 0) is 14.4 Å². The number of halogens is 1. The molecule has 3 aromatic rings. The number of nitrogens with zero attached hydrogens (tertiary/aromatic N) is 1. The molecule has 8 heteroatoms. The summed E-state index contributed by atoms with van der Waals surface area (Å²) in [5.74, 6) is 0.628. The summed E-state index contributed by atoms with van der Waals surface area (Å²) in [4.78, 5) is 23.4. The van der Waals surface area contributed by atoms with E-state index >= 15 is 0 Å². The molecule has 1 heterocycles. The highest BCUT2D eigenvalue weighted by molar-refractivity contribution is 9.10. The molecule has 0 unspecified atom stereocenters. The summed E-state index contributed by atoms with van der Waals surface area (Å²) in [5, 5.41) is 8.96. The molecule has 2 N–H and O–H groups in total. The van der Waals surface area contributed by atoms with Crippen molar-refractivity contribution < 1.29 is 24.2 Å². The van der Waals surface area contributed by atoms with Crippen LogP contribution < -0.4 is 10.2 Å².